The normalized spacial score (nSPS) is 11.9. The third kappa shape index (κ3) is 6.43. The maximum absolute atomic E-state index is 11.5. The summed E-state index contributed by atoms with van der Waals surface area (Å²) in [5.74, 6) is -1.01. The Morgan fingerprint density at radius 3 is 2.25 bits per heavy atom. The first-order valence-corrected chi connectivity index (χ1v) is 6.12. The van der Waals surface area contributed by atoms with Gasteiger partial charge in [0.2, 0.25) is 11.8 Å². The van der Waals surface area contributed by atoms with Crippen molar-refractivity contribution in [1.82, 2.24) is 10.6 Å². The molecule has 0 aliphatic rings. The van der Waals surface area contributed by atoms with Crippen LogP contribution >= 0.6 is 0 Å². The fraction of sp³-hybridized carbons (Fsp3) is 0.833. The first-order chi connectivity index (χ1) is 7.63. The van der Waals surface area contributed by atoms with Crippen molar-refractivity contribution in [2.24, 2.45) is 5.92 Å². The van der Waals surface area contributed by atoms with Crippen molar-refractivity contribution in [3.05, 3.63) is 0 Å². The summed E-state index contributed by atoms with van der Waals surface area (Å²) in [6.07, 6.45) is 5.83. The van der Waals surface area contributed by atoms with E-state index >= 15 is 0 Å². The lowest BCUT2D eigenvalue weighted by atomic mass is 10.1. The van der Waals surface area contributed by atoms with Crippen LogP contribution in [0.1, 0.15) is 46.0 Å². The third-order valence-corrected chi connectivity index (χ3v) is 2.61. The van der Waals surface area contributed by atoms with Crippen LogP contribution < -0.4 is 10.6 Å². The summed E-state index contributed by atoms with van der Waals surface area (Å²) in [4.78, 5) is 22.6. The van der Waals surface area contributed by atoms with Crippen LogP contribution in [0.5, 0.6) is 0 Å². The summed E-state index contributed by atoms with van der Waals surface area (Å²) in [6, 6.07) is 0. The zero-order chi connectivity index (χ0) is 12.4. The third-order valence-electron chi connectivity index (χ3n) is 2.61. The Labute approximate surface area is 98.2 Å². The number of amides is 2. The number of nitrogens with one attached hydrogen (secondary N) is 2. The summed E-state index contributed by atoms with van der Waals surface area (Å²) in [7, 11) is 1.54. The summed E-state index contributed by atoms with van der Waals surface area (Å²) in [5, 5.41) is 5.24. The molecule has 0 rings (SSSR count). The molecule has 0 aromatic carbocycles. The predicted molar refractivity (Wildman–Crippen MR) is 65.0 cm³/mol. The molecule has 0 fully saturated rings. The quantitative estimate of drug-likeness (QED) is 0.488. The molecule has 0 aliphatic carbocycles. The van der Waals surface area contributed by atoms with Gasteiger partial charge in [0, 0.05) is 13.6 Å². The monoisotopic (exact) mass is 228 g/mol. The van der Waals surface area contributed by atoms with E-state index in [1.54, 1.807) is 6.92 Å². The molecule has 0 saturated carbocycles. The van der Waals surface area contributed by atoms with Gasteiger partial charge in [-0.1, -0.05) is 32.6 Å². The second-order valence-electron chi connectivity index (χ2n) is 4.04. The Hall–Kier alpha value is -1.06. The van der Waals surface area contributed by atoms with E-state index in [1.165, 1.54) is 26.3 Å². The zero-order valence-corrected chi connectivity index (χ0v) is 10.6. The molecule has 2 amide bonds. The number of carbonyl (C=O) groups is 2. The molecule has 1 unspecified atom stereocenters. The van der Waals surface area contributed by atoms with Crippen LogP contribution in [-0.4, -0.2) is 25.4 Å². The van der Waals surface area contributed by atoms with Gasteiger partial charge in [0.05, 0.1) is 0 Å². The van der Waals surface area contributed by atoms with Gasteiger partial charge in [-0.25, -0.2) is 0 Å². The zero-order valence-electron chi connectivity index (χ0n) is 10.6. The maximum Gasteiger partial charge on any atom is 0.232 e. The van der Waals surface area contributed by atoms with E-state index in [0.717, 1.165) is 12.8 Å². The van der Waals surface area contributed by atoms with Crippen molar-refractivity contribution in [2.45, 2.75) is 46.0 Å². The molecule has 2 N–H and O–H groups in total. The molecule has 0 aromatic rings. The van der Waals surface area contributed by atoms with Crippen LogP contribution in [0.25, 0.3) is 0 Å². The van der Waals surface area contributed by atoms with Gasteiger partial charge in [0.15, 0.2) is 0 Å². The fourth-order valence-corrected chi connectivity index (χ4v) is 1.43. The van der Waals surface area contributed by atoms with Gasteiger partial charge in [0.25, 0.3) is 0 Å². The fourth-order valence-electron chi connectivity index (χ4n) is 1.43. The number of hydrogen-bond donors (Lipinski definition) is 2. The molecular weight excluding hydrogens is 204 g/mol. The van der Waals surface area contributed by atoms with Gasteiger partial charge < -0.3 is 10.6 Å². The maximum atomic E-state index is 11.5. The van der Waals surface area contributed by atoms with Crippen molar-refractivity contribution in [1.29, 1.82) is 0 Å². The highest BCUT2D eigenvalue weighted by atomic mass is 16.2. The Morgan fingerprint density at radius 1 is 1.06 bits per heavy atom. The Balaban J connectivity index is 3.54. The van der Waals surface area contributed by atoms with Crippen LogP contribution in [0, 0.1) is 5.92 Å². The lowest BCUT2D eigenvalue weighted by molar-refractivity contribution is -0.134. The number of carbonyl (C=O) groups excluding carboxylic acids is 2. The van der Waals surface area contributed by atoms with Gasteiger partial charge >= 0.3 is 0 Å². The molecule has 4 nitrogen and oxygen atoms in total. The van der Waals surface area contributed by atoms with Crippen LogP contribution in [-0.2, 0) is 9.59 Å². The largest absolute Gasteiger partial charge is 0.358 e. The van der Waals surface area contributed by atoms with Crippen molar-refractivity contribution < 1.29 is 9.59 Å². The first-order valence-electron chi connectivity index (χ1n) is 6.12. The topological polar surface area (TPSA) is 58.2 Å². The van der Waals surface area contributed by atoms with Gasteiger partial charge in [-0.3, -0.25) is 9.59 Å². The van der Waals surface area contributed by atoms with Crippen molar-refractivity contribution in [2.75, 3.05) is 13.6 Å². The number of hydrogen-bond acceptors (Lipinski definition) is 2. The van der Waals surface area contributed by atoms with Crippen molar-refractivity contribution >= 4 is 11.8 Å². The summed E-state index contributed by atoms with van der Waals surface area (Å²) < 4.78 is 0. The van der Waals surface area contributed by atoms with Gasteiger partial charge in [0.1, 0.15) is 5.92 Å². The molecule has 0 heterocycles. The second-order valence-corrected chi connectivity index (χ2v) is 4.04. The van der Waals surface area contributed by atoms with E-state index in [2.05, 4.69) is 17.6 Å². The van der Waals surface area contributed by atoms with Crippen molar-refractivity contribution in [3.8, 4) is 0 Å². The van der Waals surface area contributed by atoms with E-state index in [4.69, 9.17) is 0 Å². The Morgan fingerprint density at radius 2 is 1.69 bits per heavy atom. The molecule has 0 spiro atoms. The van der Waals surface area contributed by atoms with E-state index in [9.17, 15) is 9.59 Å². The minimum absolute atomic E-state index is 0.185. The molecule has 4 heteroatoms. The molecular formula is C12H24N2O2. The lowest BCUT2D eigenvalue weighted by Crippen LogP contribution is -2.38. The lowest BCUT2D eigenvalue weighted by Gasteiger charge is -2.10. The molecule has 16 heavy (non-hydrogen) atoms. The summed E-state index contributed by atoms with van der Waals surface area (Å²) in [6.45, 7) is 4.46. The molecule has 1 atom stereocenters. The van der Waals surface area contributed by atoms with Crippen LogP contribution in [0.3, 0.4) is 0 Å². The predicted octanol–water partition coefficient (Wildman–Crippen LogP) is 1.46. The molecule has 0 aliphatic heterocycles. The van der Waals surface area contributed by atoms with Crippen molar-refractivity contribution in [3.63, 3.8) is 0 Å². The molecule has 0 aromatic heterocycles. The number of rotatable bonds is 8. The highest BCUT2D eigenvalue weighted by Crippen LogP contribution is 2.01. The standard InChI is InChI=1S/C12H24N2O2/c1-4-5-6-7-8-9-14-12(16)10(2)11(15)13-3/h10H,4-9H2,1-3H3,(H,13,15)(H,14,16). The average molecular weight is 228 g/mol. The van der Waals surface area contributed by atoms with Crippen LogP contribution in [0.2, 0.25) is 0 Å². The Bertz CT molecular complexity index is 217. The van der Waals surface area contributed by atoms with E-state index in [0.29, 0.717) is 6.54 Å². The molecule has 0 bridgehead atoms. The minimum Gasteiger partial charge on any atom is -0.358 e. The summed E-state index contributed by atoms with van der Waals surface area (Å²) in [5.41, 5.74) is 0. The molecule has 0 radical (unpaired) electrons. The second kappa shape index (κ2) is 9.19. The van der Waals surface area contributed by atoms with E-state index < -0.39 is 5.92 Å². The number of unbranched alkanes of at least 4 members (excludes halogenated alkanes) is 4. The first kappa shape index (κ1) is 14.9. The highest BCUT2D eigenvalue weighted by Gasteiger charge is 2.19. The average Bonchev–Trinajstić information content (AvgIpc) is 2.31. The van der Waals surface area contributed by atoms with Gasteiger partial charge in [-0.05, 0) is 13.3 Å². The van der Waals surface area contributed by atoms with Crippen LogP contribution in [0.15, 0.2) is 0 Å². The minimum atomic E-state index is -0.597. The van der Waals surface area contributed by atoms with Crippen LogP contribution in [0.4, 0.5) is 0 Å². The van der Waals surface area contributed by atoms with Gasteiger partial charge in [-0.15, -0.1) is 0 Å². The Kier molecular flexibility index (Phi) is 8.58. The smallest absolute Gasteiger partial charge is 0.232 e. The van der Waals surface area contributed by atoms with Gasteiger partial charge in [-0.2, -0.15) is 0 Å². The van der Waals surface area contributed by atoms with E-state index in [-0.39, 0.29) is 11.8 Å². The SMILES string of the molecule is CCCCCCCNC(=O)C(C)C(=O)NC. The summed E-state index contributed by atoms with van der Waals surface area (Å²) >= 11 is 0. The highest BCUT2D eigenvalue weighted by molar-refractivity contribution is 5.99. The molecule has 0 saturated heterocycles. The van der Waals surface area contributed by atoms with E-state index in [1.807, 2.05) is 0 Å². The molecule has 94 valence electrons.